The number of hydrogen-bond donors (Lipinski definition) is 2. The molecule has 6 heteroatoms. The van der Waals surface area contributed by atoms with E-state index < -0.39 is 0 Å². The van der Waals surface area contributed by atoms with Crippen molar-refractivity contribution >= 4 is 17.0 Å². The quantitative estimate of drug-likeness (QED) is 0.738. The predicted molar refractivity (Wildman–Crippen MR) is 67.7 cm³/mol. The first kappa shape index (κ1) is 11.7. The van der Waals surface area contributed by atoms with Crippen LogP contribution >= 0.6 is 0 Å². The molecule has 0 saturated heterocycles. The van der Waals surface area contributed by atoms with Gasteiger partial charge in [0.15, 0.2) is 0 Å². The summed E-state index contributed by atoms with van der Waals surface area (Å²) in [5, 5.41) is 8.23. The normalized spacial score (nSPS) is 10.7. The van der Waals surface area contributed by atoms with E-state index in [9.17, 15) is 0 Å². The van der Waals surface area contributed by atoms with E-state index in [1.807, 2.05) is 29.2 Å². The minimum absolute atomic E-state index is 0.538. The SMILES string of the molecule is NCCN(CCN)c1nnc2ccccc2n1. The van der Waals surface area contributed by atoms with Crippen molar-refractivity contribution in [3.8, 4) is 0 Å². The van der Waals surface area contributed by atoms with Crippen LogP contribution in [0.5, 0.6) is 0 Å². The zero-order chi connectivity index (χ0) is 12.1. The summed E-state index contributed by atoms with van der Waals surface area (Å²) in [5.74, 6) is 0.583. The van der Waals surface area contributed by atoms with Gasteiger partial charge in [0.2, 0.25) is 5.95 Å². The predicted octanol–water partition coefficient (Wildman–Crippen LogP) is -0.251. The van der Waals surface area contributed by atoms with Gasteiger partial charge in [-0.25, -0.2) is 4.98 Å². The maximum absolute atomic E-state index is 5.55. The Bertz CT molecular complexity index is 480. The van der Waals surface area contributed by atoms with Crippen molar-refractivity contribution < 1.29 is 0 Å². The summed E-state index contributed by atoms with van der Waals surface area (Å²) in [6.07, 6.45) is 0. The molecule has 0 saturated carbocycles. The second kappa shape index (κ2) is 5.51. The number of fused-ring (bicyclic) bond motifs is 1. The average molecular weight is 232 g/mol. The van der Waals surface area contributed by atoms with E-state index >= 15 is 0 Å². The van der Waals surface area contributed by atoms with Gasteiger partial charge in [0.05, 0.1) is 5.52 Å². The molecule has 4 N–H and O–H groups in total. The van der Waals surface area contributed by atoms with Gasteiger partial charge in [-0.15, -0.1) is 10.2 Å². The van der Waals surface area contributed by atoms with Crippen LogP contribution in [0.2, 0.25) is 0 Å². The molecule has 0 amide bonds. The van der Waals surface area contributed by atoms with Crippen LogP contribution in [-0.4, -0.2) is 41.4 Å². The summed E-state index contributed by atoms with van der Waals surface area (Å²) in [4.78, 5) is 6.40. The van der Waals surface area contributed by atoms with Crippen molar-refractivity contribution in [3.63, 3.8) is 0 Å². The molecule has 0 spiro atoms. The molecular weight excluding hydrogens is 216 g/mol. The molecule has 17 heavy (non-hydrogen) atoms. The number of hydrogen-bond acceptors (Lipinski definition) is 6. The van der Waals surface area contributed by atoms with Gasteiger partial charge in [-0.2, -0.15) is 0 Å². The molecule has 0 fully saturated rings. The minimum Gasteiger partial charge on any atom is -0.337 e. The van der Waals surface area contributed by atoms with Gasteiger partial charge in [0.25, 0.3) is 0 Å². The molecule has 0 radical (unpaired) electrons. The Morgan fingerprint density at radius 2 is 1.59 bits per heavy atom. The molecule has 0 atom stereocenters. The first-order valence-electron chi connectivity index (χ1n) is 5.59. The lowest BCUT2D eigenvalue weighted by Crippen LogP contribution is -2.35. The molecule has 2 aromatic rings. The van der Waals surface area contributed by atoms with Crippen LogP contribution in [-0.2, 0) is 0 Å². The van der Waals surface area contributed by atoms with E-state index in [1.165, 1.54) is 0 Å². The highest BCUT2D eigenvalue weighted by molar-refractivity contribution is 5.74. The van der Waals surface area contributed by atoms with Crippen LogP contribution in [0.1, 0.15) is 0 Å². The smallest absolute Gasteiger partial charge is 0.246 e. The topological polar surface area (TPSA) is 94.0 Å². The molecular formula is C11H16N6. The second-order valence-corrected chi connectivity index (χ2v) is 3.66. The lowest BCUT2D eigenvalue weighted by Gasteiger charge is -2.20. The monoisotopic (exact) mass is 232 g/mol. The summed E-state index contributed by atoms with van der Waals surface area (Å²) in [7, 11) is 0. The molecule has 1 heterocycles. The first-order valence-corrected chi connectivity index (χ1v) is 5.59. The number of nitrogens with two attached hydrogens (primary N) is 2. The lowest BCUT2D eigenvalue weighted by atomic mass is 10.3. The Kier molecular flexibility index (Phi) is 3.79. The van der Waals surface area contributed by atoms with Gasteiger partial charge in [0.1, 0.15) is 5.52 Å². The van der Waals surface area contributed by atoms with E-state index in [0.717, 1.165) is 11.0 Å². The zero-order valence-corrected chi connectivity index (χ0v) is 9.58. The van der Waals surface area contributed by atoms with E-state index in [-0.39, 0.29) is 0 Å². The molecule has 0 bridgehead atoms. The molecule has 0 aliphatic heterocycles. The maximum Gasteiger partial charge on any atom is 0.246 e. The fourth-order valence-electron chi connectivity index (χ4n) is 1.63. The van der Waals surface area contributed by atoms with Crippen LogP contribution in [0.4, 0.5) is 5.95 Å². The standard InChI is InChI=1S/C11H16N6/c12-5-7-17(8-6-13)11-14-9-3-1-2-4-10(9)15-16-11/h1-4H,5-8,12-13H2. The van der Waals surface area contributed by atoms with Crippen LogP contribution in [0.15, 0.2) is 24.3 Å². The van der Waals surface area contributed by atoms with E-state index in [0.29, 0.717) is 32.1 Å². The molecule has 0 unspecified atom stereocenters. The van der Waals surface area contributed by atoms with Crippen molar-refractivity contribution in [2.45, 2.75) is 0 Å². The number of benzene rings is 1. The van der Waals surface area contributed by atoms with Gasteiger partial charge in [-0.05, 0) is 12.1 Å². The van der Waals surface area contributed by atoms with Gasteiger partial charge >= 0.3 is 0 Å². The van der Waals surface area contributed by atoms with Crippen LogP contribution < -0.4 is 16.4 Å². The van der Waals surface area contributed by atoms with Crippen LogP contribution in [0, 0.1) is 0 Å². The average Bonchev–Trinajstić information content (AvgIpc) is 2.38. The van der Waals surface area contributed by atoms with Crippen molar-refractivity contribution in [2.24, 2.45) is 11.5 Å². The second-order valence-electron chi connectivity index (χ2n) is 3.66. The number of para-hydroxylation sites is 1. The third kappa shape index (κ3) is 2.66. The highest BCUT2D eigenvalue weighted by atomic mass is 15.3. The van der Waals surface area contributed by atoms with Crippen molar-refractivity contribution in [2.75, 3.05) is 31.1 Å². The lowest BCUT2D eigenvalue weighted by molar-refractivity contribution is 0.746. The number of rotatable bonds is 5. The highest BCUT2D eigenvalue weighted by Crippen LogP contribution is 2.11. The van der Waals surface area contributed by atoms with Crippen molar-refractivity contribution in [3.05, 3.63) is 24.3 Å². The van der Waals surface area contributed by atoms with E-state index in [2.05, 4.69) is 15.2 Å². The number of anilines is 1. The summed E-state index contributed by atoms with van der Waals surface area (Å²) in [6.45, 7) is 2.43. The molecule has 90 valence electrons. The molecule has 1 aromatic heterocycles. The van der Waals surface area contributed by atoms with Gasteiger partial charge in [-0.3, -0.25) is 0 Å². The Balaban J connectivity index is 2.32. The summed E-state index contributed by atoms with van der Waals surface area (Å²) >= 11 is 0. The Morgan fingerprint density at radius 1 is 0.941 bits per heavy atom. The largest absolute Gasteiger partial charge is 0.337 e. The Hall–Kier alpha value is -1.79. The zero-order valence-electron chi connectivity index (χ0n) is 9.58. The third-order valence-corrected chi connectivity index (χ3v) is 2.43. The molecule has 6 nitrogen and oxygen atoms in total. The van der Waals surface area contributed by atoms with Crippen LogP contribution in [0.25, 0.3) is 11.0 Å². The highest BCUT2D eigenvalue weighted by Gasteiger charge is 2.09. The molecule has 2 rings (SSSR count). The third-order valence-electron chi connectivity index (χ3n) is 2.43. The van der Waals surface area contributed by atoms with Gasteiger partial charge in [-0.1, -0.05) is 12.1 Å². The van der Waals surface area contributed by atoms with E-state index in [1.54, 1.807) is 0 Å². The molecule has 1 aromatic carbocycles. The maximum atomic E-state index is 5.55. The number of nitrogens with zero attached hydrogens (tertiary/aromatic N) is 4. The molecule has 0 aliphatic rings. The van der Waals surface area contributed by atoms with Crippen LogP contribution in [0.3, 0.4) is 0 Å². The summed E-state index contributed by atoms with van der Waals surface area (Å²) < 4.78 is 0. The van der Waals surface area contributed by atoms with Crippen molar-refractivity contribution in [1.82, 2.24) is 15.2 Å². The van der Waals surface area contributed by atoms with E-state index in [4.69, 9.17) is 11.5 Å². The Labute approximate surface area is 99.6 Å². The Morgan fingerprint density at radius 3 is 2.24 bits per heavy atom. The number of aromatic nitrogens is 3. The fourth-order valence-corrected chi connectivity index (χ4v) is 1.63. The fraction of sp³-hybridized carbons (Fsp3) is 0.364. The minimum atomic E-state index is 0.538. The molecule has 0 aliphatic carbocycles. The van der Waals surface area contributed by atoms with Crippen molar-refractivity contribution in [1.29, 1.82) is 0 Å². The summed E-state index contributed by atoms with van der Waals surface area (Å²) in [6, 6.07) is 7.64. The van der Waals surface area contributed by atoms with Gasteiger partial charge < -0.3 is 16.4 Å². The first-order chi connectivity index (χ1) is 8.35. The summed E-state index contributed by atoms with van der Waals surface area (Å²) in [5.41, 5.74) is 12.7. The van der Waals surface area contributed by atoms with Gasteiger partial charge in [0, 0.05) is 26.2 Å².